The van der Waals surface area contributed by atoms with Crippen LogP contribution in [-0.4, -0.2) is 56.2 Å². The molecule has 0 aliphatic carbocycles. The average molecular weight is 474 g/mol. The zero-order chi connectivity index (χ0) is 24.3. The number of ether oxygens (including phenoxy) is 2. The molecule has 0 radical (unpaired) electrons. The van der Waals surface area contributed by atoms with Crippen LogP contribution in [0.1, 0.15) is 22.3 Å². The van der Waals surface area contributed by atoms with Gasteiger partial charge in [0.15, 0.2) is 0 Å². The molecule has 182 valence electrons. The van der Waals surface area contributed by atoms with E-state index in [-0.39, 0.29) is 18.4 Å². The maximum absolute atomic E-state index is 12.7. The molecular formula is C28H31N3O4. The first kappa shape index (κ1) is 24.3. The summed E-state index contributed by atoms with van der Waals surface area (Å²) in [5.74, 6) is 0.510. The number of carbonyl (C=O) groups excluding carboxylic acids is 2. The van der Waals surface area contributed by atoms with Gasteiger partial charge in [0.05, 0.1) is 26.4 Å². The van der Waals surface area contributed by atoms with Crippen molar-refractivity contribution >= 4 is 23.2 Å². The van der Waals surface area contributed by atoms with Crippen LogP contribution in [0.3, 0.4) is 0 Å². The summed E-state index contributed by atoms with van der Waals surface area (Å²) in [6.45, 7) is 2.99. The summed E-state index contributed by atoms with van der Waals surface area (Å²) in [5, 5.41) is 5.98. The number of hydrogen-bond acceptors (Lipinski definition) is 5. The first-order valence-electron chi connectivity index (χ1n) is 11.9. The van der Waals surface area contributed by atoms with Gasteiger partial charge >= 0.3 is 0 Å². The normalized spacial score (nSPS) is 13.2. The van der Waals surface area contributed by atoms with Gasteiger partial charge in [-0.15, -0.1) is 0 Å². The number of nitrogens with zero attached hydrogens (tertiary/aromatic N) is 1. The van der Waals surface area contributed by atoms with E-state index in [1.807, 2.05) is 54.6 Å². The molecule has 0 saturated carbocycles. The van der Waals surface area contributed by atoms with Gasteiger partial charge in [-0.2, -0.15) is 0 Å². The predicted octanol–water partition coefficient (Wildman–Crippen LogP) is 4.22. The number of aryl methyl sites for hydroxylation is 1. The first-order chi connectivity index (χ1) is 17.2. The van der Waals surface area contributed by atoms with E-state index in [2.05, 4.69) is 22.8 Å². The number of anilines is 2. The molecule has 3 aromatic rings. The second-order valence-corrected chi connectivity index (χ2v) is 8.35. The molecule has 1 fully saturated rings. The number of rotatable bonds is 10. The summed E-state index contributed by atoms with van der Waals surface area (Å²) >= 11 is 0. The quantitative estimate of drug-likeness (QED) is 0.431. The lowest BCUT2D eigenvalue weighted by Crippen LogP contribution is -2.40. The molecule has 0 aromatic heterocycles. The zero-order valence-corrected chi connectivity index (χ0v) is 19.7. The van der Waals surface area contributed by atoms with Crippen molar-refractivity contribution in [1.82, 2.24) is 4.90 Å². The van der Waals surface area contributed by atoms with Crippen molar-refractivity contribution in [3.05, 3.63) is 90.0 Å². The van der Waals surface area contributed by atoms with E-state index in [1.54, 1.807) is 17.0 Å². The van der Waals surface area contributed by atoms with Crippen LogP contribution in [0.2, 0.25) is 0 Å². The van der Waals surface area contributed by atoms with Crippen molar-refractivity contribution in [2.75, 3.05) is 50.1 Å². The summed E-state index contributed by atoms with van der Waals surface area (Å²) in [4.78, 5) is 26.9. The van der Waals surface area contributed by atoms with Gasteiger partial charge in [0, 0.05) is 36.1 Å². The van der Waals surface area contributed by atoms with Crippen molar-refractivity contribution in [1.29, 1.82) is 0 Å². The fourth-order valence-electron chi connectivity index (χ4n) is 3.87. The minimum Gasteiger partial charge on any atom is -0.494 e. The molecule has 2 N–H and O–H groups in total. The summed E-state index contributed by atoms with van der Waals surface area (Å²) in [6.07, 6.45) is 1.87. The Morgan fingerprint density at radius 1 is 0.886 bits per heavy atom. The van der Waals surface area contributed by atoms with Gasteiger partial charge in [-0.05, 0) is 48.7 Å². The first-order valence-corrected chi connectivity index (χ1v) is 11.9. The topological polar surface area (TPSA) is 79.9 Å². The third-order valence-corrected chi connectivity index (χ3v) is 5.70. The Balaban J connectivity index is 1.22. The van der Waals surface area contributed by atoms with Gasteiger partial charge in [0.1, 0.15) is 5.75 Å². The highest BCUT2D eigenvalue weighted by Gasteiger charge is 2.18. The minimum atomic E-state index is -0.184. The Morgan fingerprint density at radius 2 is 1.66 bits per heavy atom. The maximum Gasteiger partial charge on any atom is 0.254 e. The van der Waals surface area contributed by atoms with E-state index in [0.717, 1.165) is 24.3 Å². The van der Waals surface area contributed by atoms with E-state index >= 15 is 0 Å². The Kier molecular flexibility index (Phi) is 8.73. The van der Waals surface area contributed by atoms with Crippen LogP contribution in [0.25, 0.3) is 0 Å². The number of carbonyl (C=O) groups is 2. The SMILES string of the molecule is O=C(CNc1cccc(C(=O)N2CCOCC2)c1)Nc1cccc(OCCCc2ccccc2)c1. The molecule has 1 aliphatic rings. The molecule has 3 aromatic carbocycles. The summed E-state index contributed by atoms with van der Waals surface area (Å²) in [5.41, 5.74) is 3.28. The van der Waals surface area contributed by atoms with Crippen molar-refractivity contribution in [2.45, 2.75) is 12.8 Å². The van der Waals surface area contributed by atoms with Gasteiger partial charge in [-0.3, -0.25) is 9.59 Å². The second-order valence-electron chi connectivity index (χ2n) is 8.35. The second kappa shape index (κ2) is 12.6. The molecule has 35 heavy (non-hydrogen) atoms. The number of morpholine rings is 1. The Labute approximate surface area is 206 Å². The number of benzene rings is 3. The van der Waals surface area contributed by atoms with Crippen LogP contribution in [0.4, 0.5) is 11.4 Å². The van der Waals surface area contributed by atoms with Crippen LogP contribution >= 0.6 is 0 Å². The van der Waals surface area contributed by atoms with Gasteiger partial charge in [0.2, 0.25) is 5.91 Å². The molecule has 7 heteroatoms. The standard InChI is InChI=1S/C28H31N3O4/c32-27(21-29-24-11-4-10-23(19-24)28(33)31-14-17-34-18-15-31)30-25-12-5-13-26(20-25)35-16-6-9-22-7-2-1-3-8-22/h1-5,7-8,10-13,19-20,29H,6,9,14-18,21H2,(H,30,32). The summed E-state index contributed by atoms with van der Waals surface area (Å²) in [7, 11) is 0. The lowest BCUT2D eigenvalue weighted by molar-refractivity contribution is -0.114. The fraction of sp³-hybridized carbons (Fsp3) is 0.286. The molecule has 0 unspecified atom stereocenters. The lowest BCUT2D eigenvalue weighted by atomic mass is 10.1. The Morgan fingerprint density at radius 3 is 2.49 bits per heavy atom. The monoisotopic (exact) mass is 473 g/mol. The van der Waals surface area contributed by atoms with E-state index in [9.17, 15) is 9.59 Å². The highest BCUT2D eigenvalue weighted by Crippen LogP contribution is 2.18. The smallest absolute Gasteiger partial charge is 0.254 e. The molecule has 1 saturated heterocycles. The van der Waals surface area contributed by atoms with Crippen LogP contribution < -0.4 is 15.4 Å². The van der Waals surface area contributed by atoms with Gasteiger partial charge in [-0.1, -0.05) is 42.5 Å². The van der Waals surface area contributed by atoms with E-state index in [4.69, 9.17) is 9.47 Å². The van der Waals surface area contributed by atoms with E-state index in [1.165, 1.54) is 5.56 Å². The molecule has 4 rings (SSSR count). The van der Waals surface area contributed by atoms with E-state index < -0.39 is 0 Å². The number of hydrogen-bond donors (Lipinski definition) is 2. The molecule has 0 bridgehead atoms. The minimum absolute atomic E-state index is 0.0259. The third kappa shape index (κ3) is 7.58. The molecule has 7 nitrogen and oxygen atoms in total. The van der Waals surface area contributed by atoms with Gasteiger partial charge in [-0.25, -0.2) is 0 Å². The number of amides is 2. The fourth-order valence-corrected chi connectivity index (χ4v) is 3.87. The van der Waals surface area contributed by atoms with Crippen LogP contribution in [0.15, 0.2) is 78.9 Å². The third-order valence-electron chi connectivity index (χ3n) is 5.70. The average Bonchev–Trinajstić information content (AvgIpc) is 2.91. The zero-order valence-electron chi connectivity index (χ0n) is 19.7. The van der Waals surface area contributed by atoms with Crippen molar-refractivity contribution < 1.29 is 19.1 Å². The summed E-state index contributed by atoms with van der Waals surface area (Å²) in [6, 6.07) is 24.9. The van der Waals surface area contributed by atoms with Crippen LogP contribution in [0, 0.1) is 0 Å². The van der Waals surface area contributed by atoms with Gasteiger partial charge in [0.25, 0.3) is 5.91 Å². The van der Waals surface area contributed by atoms with E-state index in [0.29, 0.717) is 44.2 Å². The van der Waals surface area contributed by atoms with Crippen LogP contribution in [0.5, 0.6) is 5.75 Å². The highest BCUT2D eigenvalue weighted by molar-refractivity contribution is 5.96. The largest absolute Gasteiger partial charge is 0.494 e. The summed E-state index contributed by atoms with van der Waals surface area (Å²) < 4.78 is 11.2. The molecule has 1 heterocycles. The molecule has 0 spiro atoms. The lowest BCUT2D eigenvalue weighted by Gasteiger charge is -2.27. The molecular weight excluding hydrogens is 442 g/mol. The maximum atomic E-state index is 12.7. The molecule has 1 aliphatic heterocycles. The molecule has 0 atom stereocenters. The van der Waals surface area contributed by atoms with Crippen LogP contribution in [-0.2, 0) is 16.0 Å². The van der Waals surface area contributed by atoms with Crippen molar-refractivity contribution in [2.24, 2.45) is 0 Å². The van der Waals surface area contributed by atoms with Crippen molar-refractivity contribution in [3.63, 3.8) is 0 Å². The highest BCUT2D eigenvalue weighted by atomic mass is 16.5. The Hall–Kier alpha value is -3.84. The number of nitrogens with one attached hydrogen (secondary N) is 2. The van der Waals surface area contributed by atoms with Gasteiger partial charge < -0.3 is 25.0 Å². The van der Waals surface area contributed by atoms with Crippen molar-refractivity contribution in [3.8, 4) is 5.75 Å². The molecule has 2 amide bonds. The predicted molar refractivity (Wildman–Crippen MR) is 137 cm³/mol. The Bertz CT molecular complexity index is 1110.